The molecule has 1 heterocycles. The first-order chi connectivity index (χ1) is 14.0. The first kappa shape index (κ1) is 21.0. The topological polar surface area (TPSA) is 92.0 Å². The van der Waals surface area contributed by atoms with Gasteiger partial charge >= 0.3 is 0 Å². The molecule has 0 saturated heterocycles. The minimum Gasteiger partial charge on any atom is -0.468 e. The monoisotopic (exact) mass is 475 g/mol. The van der Waals surface area contributed by atoms with Crippen LogP contribution in [0.3, 0.4) is 0 Å². The van der Waals surface area contributed by atoms with E-state index >= 15 is 0 Å². The molecule has 1 aromatic heterocycles. The number of sulfonamides is 1. The lowest BCUT2D eigenvalue weighted by Gasteiger charge is -2.20. The predicted molar refractivity (Wildman–Crippen MR) is 113 cm³/mol. The average Bonchev–Trinajstić information content (AvgIpc) is 3.23. The summed E-state index contributed by atoms with van der Waals surface area (Å²) >= 11 is 3.39. The van der Waals surface area contributed by atoms with Gasteiger partial charge < -0.3 is 4.42 Å². The van der Waals surface area contributed by atoms with Gasteiger partial charge in [0.05, 0.1) is 30.5 Å². The lowest BCUT2D eigenvalue weighted by Crippen LogP contribution is -2.39. The Balaban J connectivity index is 1.74. The molecule has 0 atom stereocenters. The second-order valence-corrected chi connectivity index (χ2v) is 8.77. The Labute approximate surface area is 177 Å². The summed E-state index contributed by atoms with van der Waals surface area (Å²) in [5.74, 6) is -0.145. The number of hydrogen-bond donors (Lipinski definition) is 1. The molecule has 7 nitrogen and oxygen atoms in total. The first-order valence-electron chi connectivity index (χ1n) is 8.61. The van der Waals surface area contributed by atoms with Crippen molar-refractivity contribution < 1.29 is 17.6 Å². The molecule has 0 aliphatic carbocycles. The molecule has 0 radical (unpaired) electrons. The van der Waals surface area contributed by atoms with Crippen molar-refractivity contribution in [3.05, 3.63) is 88.8 Å². The highest BCUT2D eigenvalue weighted by Crippen LogP contribution is 2.18. The van der Waals surface area contributed by atoms with E-state index in [9.17, 15) is 13.2 Å². The number of benzene rings is 2. The minimum atomic E-state index is -3.90. The second-order valence-electron chi connectivity index (χ2n) is 5.98. The van der Waals surface area contributed by atoms with E-state index in [0.29, 0.717) is 5.76 Å². The third-order valence-corrected chi connectivity index (χ3v) is 6.44. The minimum absolute atomic E-state index is 0.0778. The Bertz CT molecular complexity index is 1080. The fourth-order valence-corrected chi connectivity index (χ4v) is 4.26. The van der Waals surface area contributed by atoms with Crippen LogP contribution < -0.4 is 5.43 Å². The van der Waals surface area contributed by atoms with Crippen LogP contribution in [0.1, 0.15) is 11.3 Å². The standard InChI is InChI=1S/C20H18BrN3O4S/c21-19-11-5-4-7-16(19)13-22-23-20(25)15-24(14-17-8-6-12-28-17)29(26,27)18-9-2-1-3-10-18/h1-13H,14-15H2,(H,23,25)/b22-13-. The Morgan fingerprint density at radius 1 is 1.07 bits per heavy atom. The summed E-state index contributed by atoms with van der Waals surface area (Å²) in [6.45, 7) is -0.489. The average molecular weight is 476 g/mol. The van der Waals surface area contributed by atoms with Crippen LogP contribution in [0.2, 0.25) is 0 Å². The molecule has 3 rings (SSSR count). The van der Waals surface area contributed by atoms with Crippen molar-refractivity contribution in [2.24, 2.45) is 5.10 Å². The predicted octanol–water partition coefficient (Wildman–Crippen LogP) is 3.38. The highest BCUT2D eigenvalue weighted by Gasteiger charge is 2.27. The molecule has 9 heteroatoms. The smallest absolute Gasteiger partial charge is 0.255 e. The highest BCUT2D eigenvalue weighted by molar-refractivity contribution is 9.10. The van der Waals surface area contributed by atoms with Crippen LogP contribution >= 0.6 is 15.9 Å². The van der Waals surface area contributed by atoms with Crippen molar-refractivity contribution in [1.29, 1.82) is 0 Å². The SMILES string of the molecule is O=C(CN(Cc1ccco1)S(=O)(=O)c1ccccc1)N/N=C\c1ccccc1Br. The van der Waals surface area contributed by atoms with E-state index in [1.807, 2.05) is 24.3 Å². The quantitative estimate of drug-likeness (QED) is 0.399. The van der Waals surface area contributed by atoms with E-state index in [1.165, 1.54) is 24.6 Å². The number of nitrogens with zero attached hydrogens (tertiary/aromatic N) is 2. The Morgan fingerprint density at radius 3 is 2.48 bits per heavy atom. The zero-order valence-electron chi connectivity index (χ0n) is 15.2. The summed E-state index contributed by atoms with van der Waals surface area (Å²) in [4.78, 5) is 12.5. The summed E-state index contributed by atoms with van der Waals surface area (Å²) in [7, 11) is -3.90. The van der Waals surface area contributed by atoms with Crippen LogP contribution in [0.25, 0.3) is 0 Å². The molecule has 0 spiro atoms. The second kappa shape index (κ2) is 9.64. The molecule has 0 aliphatic rings. The fraction of sp³-hybridized carbons (Fsp3) is 0.100. The van der Waals surface area contributed by atoms with Crippen LogP contribution in [0.4, 0.5) is 0 Å². The molecule has 1 amide bonds. The molecule has 3 aromatic rings. The van der Waals surface area contributed by atoms with E-state index in [2.05, 4.69) is 26.5 Å². The summed E-state index contributed by atoms with van der Waals surface area (Å²) in [5, 5.41) is 3.91. The van der Waals surface area contributed by atoms with Gasteiger partial charge in [-0.1, -0.05) is 52.3 Å². The van der Waals surface area contributed by atoms with E-state index in [1.54, 1.807) is 30.3 Å². The number of hydrazone groups is 1. The first-order valence-corrected chi connectivity index (χ1v) is 10.8. The van der Waals surface area contributed by atoms with Gasteiger partial charge in [0, 0.05) is 10.0 Å². The van der Waals surface area contributed by atoms with Crippen LogP contribution in [-0.2, 0) is 21.4 Å². The molecule has 0 unspecified atom stereocenters. The highest BCUT2D eigenvalue weighted by atomic mass is 79.9. The van der Waals surface area contributed by atoms with Gasteiger partial charge in [-0.2, -0.15) is 9.41 Å². The largest absolute Gasteiger partial charge is 0.468 e. The van der Waals surface area contributed by atoms with Gasteiger partial charge in [-0.15, -0.1) is 0 Å². The summed E-state index contributed by atoms with van der Waals surface area (Å²) in [6, 6.07) is 18.6. The Hall–Kier alpha value is -2.75. The van der Waals surface area contributed by atoms with Gasteiger partial charge in [0.25, 0.3) is 5.91 Å². The Morgan fingerprint density at radius 2 is 1.79 bits per heavy atom. The van der Waals surface area contributed by atoms with Gasteiger partial charge in [-0.25, -0.2) is 13.8 Å². The van der Waals surface area contributed by atoms with Crippen LogP contribution in [0.15, 0.2) is 91.9 Å². The number of amides is 1. The third kappa shape index (κ3) is 5.63. The summed E-state index contributed by atoms with van der Waals surface area (Å²) < 4.78 is 33.1. The molecular formula is C20H18BrN3O4S. The maximum Gasteiger partial charge on any atom is 0.255 e. The normalized spacial score (nSPS) is 11.8. The number of carbonyl (C=O) groups is 1. The number of halogens is 1. The maximum atomic E-state index is 13.0. The molecule has 29 heavy (non-hydrogen) atoms. The van der Waals surface area contributed by atoms with Gasteiger partial charge in [0.15, 0.2) is 0 Å². The van der Waals surface area contributed by atoms with E-state index < -0.39 is 22.5 Å². The Kier molecular flexibility index (Phi) is 6.97. The number of carbonyl (C=O) groups excluding carboxylic acids is 1. The van der Waals surface area contributed by atoms with Crippen molar-refractivity contribution in [2.75, 3.05) is 6.54 Å². The van der Waals surface area contributed by atoms with E-state index in [-0.39, 0.29) is 11.4 Å². The molecular weight excluding hydrogens is 458 g/mol. The van der Waals surface area contributed by atoms with Crippen molar-refractivity contribution in [3.8, 4) is 0 Å². The number of hydrogen-bond acceptors (Lipinski definition) is 5. The lowest BCUT2D eigenvalue weighted by molar-refractivity contribution is -0.121. The molecule has 0 bridgehead atoms. The van der Waals surface area contributed by atoms with Crippen LogP contribution in [0.5, 0.6) is 0 Å². The van der Waals surface area contributed by atoms with Crippen molar-refractivity contribution in [2.45, 2.75) is 11.4 Å². The van der Waals surface area contributed by atoms with Crippen LogP contribution in [-0.4, -0.2) is 31.4 Å². The zero-order chi connectivity index (χ0) is 20.7. The summed E-state index contributed by atoms with van der Waals surface area (Å²) in [6.07, 6.45) is 2.93. The zero-order valence-corrected chi connectivity index (χ0v) is 17.6. The lowest BCUT2D eigenvalue weighted by atomic mass is 10.2. The number of furan rings is 1. The van der Waals surface area contributed by atoms with E-state index in [0.717, 1.165) is 14.3 Å². The maximum absolute atomic E-state index is 13.0. The van der Waals surface area contributed by atoms with Gasteiger partial charge in [-0.3, -0.25) is 4.79 Å². The molecule has 1 N–H and O–H groups in total. The van der Waals surface area contributed by atoms with Gasteiger partial charge in [0.1, 0.15) is 5.76 Å². The van der Waals surface area contributed by atoms with Crippen LogP contribution in [0, 0.1) is 0 Å². The molecule has 0 aliphatic heterocycles. The molecule has 0 saturated carbocycles. The van der Waals surface area contributed by atoms with Crippen molar-refractivity contribution in [1.82, 2.24) is 9.73 Å². The fourth-order valence-electron chi connectivity index (χ4n) is 2.49. The number of nitrogens with one attached hydrogen (secondary N) is 1. The summed E-state index contributed by atoms with van der Waals surface area (Å²) in [5.41, 5.74) is 3.14. The molecule has 0 fully saturated rings. The van der Waals surface area contributed by atoms with Crippen molar-refractivity contribution >= 4 is 38.1 Å². The molecule has 2 aromatic carbocycles. The van der Waals surface area contributed by atoms with Gasteiger partial charge in [-0.05, 0) is 30.3 Å². The van der Waals surface area contributed by atoms with E-state index in [4.69, 9.17) is 4.42 Å². The van der Waals surface area contributed by atoms with Crippen molar-refractivity contribution in [3.63, 3.8) is 0 Å². The number of rotatable bonds is 8. The third-order valence-electron chi connectivity index (χ3n) is 3.91. The molecule has 150 valence electrons. The van der Waals surface area contributed by atoms with Gasteiger partial charge in [0.2, 0.25) is 10.0 Å².